The van der Waals surface area contributed by atoms with Crippen molar-refractivity contribution in [1.29, 1.82) is 0 Å². The first kappa shape index (κ1) is 21.1. The average molecular weight is 448 g/mol. The van der Waals surface area contributed by atoms with Crippen LogP contribution in [0.2, 0.25) is 0 Å². The summed E-state index contributed by atoms with van der Waals surface area (Å²) < 4.78 is 1.49. The molecule has 3 heterocycles. The summed E-state index contributed by atoms with van der Waals surface area (Å²) in [4.78, 5) is 17.5. The second kappa shape index (κ2) is 8.64. The molecule has 5 rings (SSSR count). The standard InChI is InChI=1S/C26H21N7O/c1-3-8-18-15-29-31-22-14-19(20(13-21(18)22)17-9-5-4-6-10-17)16(2)30-26(34)23-24(27)32-33-12-7-11-28-25(23)33/h4-7,9-16H,1-2H3,(H2,27,32)(H,30,34)/t16-/m1/s1. The predicted octanol–water partition coefficient (Wildman–Crippen LogP) is 3.78. The van der Waals surface area contributed by atoms with Crippen molar-refractivity contribution in [2.45, 2.75) is 19.9 Å². The van der Waals surface area contributed by atoms with Gasteiger partial charge in [0.25, 0.3) is 5.91 Å². The van der Waals surface area contributed by atoms with Crippen LogP contribution < -0.4 is 11.1 Å². The maximum Gasteiger partial charge on any atom is 0.259 e. The summed E-state index contributed by atoms with van der Waals surface area (Å²) in [6.45, 7) is 3.71. The number of fused-ring (bicyclic) bond motifs is 2. The van der Waals surface area contributed by atoms with Crippen molar-refractivity contribution >= 4 is 28.3 Å². The highest BCUT2D eigenvalue weighted by atomic mass is 16.1. The number of amides is 1. The van der Waals surface area contributed by atoms with Gasteiger partial charge in [0.1, 0.15) is 5.56 Å². The zero-order valence-corrected chi connectivity index (χ0v) is 18.6. The molecule has 34 heavy (non-hydrogen) atoms. The van der Waals surface area contributed by atoms with Gasteiger partial charge in [-0.3, -0.25) is 4.79 Å². The highest BCUT2D eigenvalue weighted by Crippen LogP contribution is 2.33. The van der Waals surface area contributed by atoms with Crippen molar-refractivity contribution in [1.82, 2.24) is 30.1 Å². The van der Waals surface area contributed by atoms with Gasteiger partial charge in [0.15, 0.2) is 11.5 Å². The van der Waals surface area contributed by atoms with Gasteiger partial charge in [0.05, 0.1) is 23.3 Å². The molecule has 0 radical (unpaired) electrons. The third-order valence-electron chi connectivity index (χ3n) is 5.62. The van der Waals surface area contributed by atoms with Crippen LogP contribution in [0, 0.1) is 11.8 Å². The lowest BCUT2D eigenvalue weighted by molar-refractivity contribution is 0.0942. The van der Waals surface area contributed by atoms with Gasteiger partial charge >= 0.3 is 0 Å². The van der Waals surface area contributed by atoms with Crippen molar-refractivity contribution in [3.8, 4) is 23.0 Å². The smallest absolute Gasteiger partial charge is 0.259 e. The molecule has 0 fully saturated rings. The first-order chi connectivity index (χ1) is 16.6. The van der Waals surface area contributed by atoms with E-state index in [4.69, 9.17) is 5.73 Å². The van der Waals surface area contributed by atoms with Gasteiger partial charge in [-0.05, 0) is 48.7 Å². The van der Waals surface area contributed by atoms with Crippen LogP contribution in [0.1, 0.15) is 41.4 Å². The third kappa shape index (κ3) is 3.69. The molecule has 1 amide bonds. The normalized spacial score (nSPS) is 11.7. The summed E-state index contributed by atoms with van der Waals surface area (Å²) in [7, 11) is 0. The molecule has 5 aromatic rings. The Morgan fingerprint density at radius 3 is 2.79 bits per heavy atom. The minimum Gasteiger partial charge on any atom is -0.381 e. The van der Waals surface area contributed by atoms with E-state index >= 15 is 0 Å². The predicted molar refractivity (Wildman–Crippen MR) is 131 cm³/mol. The molecule has 3 aromatic heterocycles. The number of aromatic nitrogens is 5. The van der Waals surface area contributed by atoms with Crippen LogP contribution >= 0.6 is 0 Å². The number of nitrogen functional groups attached to an aromatic ring is 1. The fourth-order valence-electron chi connectivity index (χ4n) is 4.05. The van der Waals surface area contributed by atoms with Crippen molar-refractivity contribution in [2.75, 3.05) is 5.73 Å². The lowest BCUT2D eigenvalue weighted by Gasteiger charge is -2.19. The molecule has 0 aliphatic heterocycles. The van der Waals surface area contributed by atoms with Crippen LogP contribution in [-0.2, 0) is 0 Å². The third-order valence-corrected chi connectivity index (χ3v) is 5.62. The van der Waals surface area contributed by atoms with E-state index in [0.717, 1.165) is 27.6 Å². The number of carbonyl (C=O) groups is 1. The zero-order chi connectivity index (χ0) is 23.7. The zero-order valence-electron chi connectivity index (χ0n) is 18.6. The van der Waals surface area contributed by atoms with Gasteiger partial charge in [0.2, 0.25) is 0 Å². The van der Waals surface area contributed by atoms with E-state index in [9.17, 15) is 4.79 Å². The SMILES string of the molecule is CC#Cc1cnnc2cc([C@@H](C)NC(=O)c3c(N)nn4cccnc34)c(-c3ccccc3)cc12. The van der Waals surface area contributed by atoms with Crippen molar-refractivity contribution in [3.63, 3.8) is 0 Å². The molecule has 0 unspecified atom stereocenters. The Balaban J connectivity index is 1.61. The number of benzene rings is 2. The number of hydrogen-bond donors (Lipinski definition) is 2. The van der Waals surface area contributed by atoms with E-state index in [1.807, 2.05) is 43.3 Å². The molecule has 166 valence electrons. The van der Waals surface area contributed by atoms with E-state index in [2.05, 4.69) is 43.5 Å². The summed E-state index contributed by atoms with van der Waals surface area (Å²) in [6, 6.07) is 15.4. The van der Waals surface area contributed by atoms with Crippen molar-refractivity contribution in [3.05, 3.63) is 83.8 Å². The molecule has 0 bridgehead atoms. The maximum atomic E-state index is 13.2. The number of nitrogens with two attached hydrogens (primary N) is 1. The van der Waals surface area contributed by atoms with Gasteiger partial charge in [0, 0.05) is 17.8 Å². The van der Waals surface area contributed by atoms with Crippen LogP contribution in [0.25, 0.3) is 27.7 Å². The van der Waals surface area contributed by atoms with E-state index in [1.54, 1.807) is 31.6 Å². The van der Waals surface area contributed by atoms with Gasteiger partial charge in [-0.2, -0.15) is 10.2 Å². The largest absolute Gasteiger partial charge is 0.381 e. The van der Waals surface area contributed by atoms with Crippen LogP contribution in [0.3, 0.4) is 0 Å². The molecule has 0 aliphatic rings. The number of nitrogens with zero attached hydrogens (tertiary/aromatic N) is 5. The van der Waals surface area contributed by atoms with E-state index in [-0.39, 0.29) is 23.3 Å². The van der Waals surface area contributed by atoms with Gasteiger partial charge in [-0.1, -0.05) is 36.3 Å². The second-order valence-electron chi connectivity index (χ2n) is 7.80. The molecule has 3 N–H and O–H groups in total. The van der Waals surface area contributed by atoms with Gasteiger partial charge in [-0.15, -0.1) is 11.0 Å². The van der Waals surface area contributed by atoms with Crippen LogP contribution in [0.5, 0.6) is 0 Å². The lowest BCUT2D eigenvalue weighted by Crippen LogP contribution is -2.27. The number of nitrogens with one attached hydrogen (secondary N) is 1. The monoisotopic (exact) mass is 447 g/mol. The lowest BCUT2D eigenvalue weighted by atomic mass is 9.92. The highest BCUT2D eigenvalue weighted by Gasteiger charge is 2.23. The molecule has 8 nitrogen and oxygen atoms in total. The molecule has 0 aliphatic carbocycles. The fraction of sp³-hybridized carbons (Fsp3) is 0.115. The number of hydrogen-bond acceptors (Lipinski definition) is 6. The van der Waals surface area contributed by atoms with Crippen molar-refractivity contribution < 1.29 is 4.79 Å². The van der Waals surface area contributed by atoms with Crippen LogP contribution in [0.4, 0.5) is 5.82 Å². The topological polar surface area (TPSA) is 111 Å². The molecule has 1 atom stereocenters. The Morgan fingerprint density at radius 1 is 1.18 bits per heavy atom. The first-order valence-electron chi connectivity index (χ1n) is 10.7. The number of rotatable bonds is 4. The Hall–Kier alpha value is -4.77. The van der Waals surface area contributed by atoms with E-state index < -0.39 is 0 Å². The molecular weight excluding hydrogens is 426 g/mol. The quantitative estimate of drug-likeness (QED) is 0.406. The minimum absolute atomic E-state index is 0.124. The highest BCUT2D eigenvalue weighted by molar-refractivity contribution is 6.04. The maximum absolute atomic E-state index is 13.2. The Morgan fingerprint density at radius 2 is 2.00 bits per heavy atom. The van der Waals surface area contributed by atoms with E-state index in [1.165, 1.54) is 4.52 Å². The first-order valence-corrected chi connectivity index (χ1v) is 10.7. The summed E-state index contributed by atoms with van der Waals surface area (Å²) in [5, 5.41) is 16.6. The number of anilines is 1. The van der Waals surface area contributed by atoms with E-state index in [0.29, 0.717) is 11.2 Å². The molecule has 2 aromatic carbocycles. The van der Waals surface area contributed by atoms with Crippen molar-refractivity contribution in [2.24, 2.45) is 0 Å². The Labute approximate surface area is 195 Å². The summed E-state index contributed by atoms with van der Waals surface area (Å²) in [5.41, 5.74) is 11.1. The van der Waals surface area contributed by atoms with Crippen LogP contribution in [-0.4, -0.2) is 30.7 Å². The Bertz CT molecular complexity index is 1600. The molecular formula is C26H21N7O. The van der Waals surface area contributed by atoms with Gasteiger partial charge in [-0.25, -0.2) is 9.50 Å². The number of carbonyl (C=O) groups excluding carboxylic acids is 1. The van der Waals surface area contributed by atoms with Crippen LogP contribution in [0.15, 0.2) is 67.1 Å². The average Bonchev–Trinajstić information content (AvgIpc) is 3.20. The summed E-state index contributed by atoms with van der Waals surface area (Å²) in [5.74, 6) is 5.81. The summed E-state index contributed by atoms with van der Waals surface area (Å²) >= 11 is 0. The summed E-state index contributed by atoms with van der Waals surface area (Å²) in [6.07, 6.45) is 4.97. The molecule has 8 heteroatoms. The fourth-order valence-corrected chi connectivity index (χ4v) is 4.05. The Kier molecular flexibility index (Phi) is 5.36. The molecule has 0 saturated heterocycles. The minimum atomic E-state index is -0.368. The molecule has 0 spiro atoms. The second-order valence-corrected chi connectivity index (χ2v) is 7.80. The van der Waals surface area contributed by atoms with Gasteiger partial charge < -0.3 is 11.1 Å². The molecule has 0 saturated carbocycles.